The van der Waals surface area contributed by atoms with Crippen molar-refractivity contribution in [2.45, 2.75) is 6.92 Å². The average molecular weight is 362 g/mol. The number of benzene rings is 2. The Bertz CT molecular complexity index is 837. The van der Waals surface area contributed by atoms with Gasteiger partial charge in [-0.3, -0.25) is 9.59 Å². The Balaban J connectivity index is 1.97. The minimum atomic E-state index is -0.929. The molecule has 7 nitrogen and oxygen atoms in total. The summed E-state index contributed by atoms with van der Waals surface area (Å²) in [6, 6.07) is 9.51. The molecule has 0 radical (unpaired) electrons. The lowest BCUT2D eigenvalue weighted by atomic mass is 10.2. The van der Waals surface area contributed by atoms with Crippen LogP contribution in [0.2, 0.25) is 5.02 Å². The first-order valence-electron chi connectivity index (χ1n) is 7.19. The third kappa shape index (κ3) is 4.71. The smallest absolute Gasteiger partial charge is 0.329 e. The van der Waals surface area contributed by atoms with Crippen LogP contribution in [0.3, 0.4) is 0 Å². The second-order valence-electron chi connectivity index (χ2n) is 5.00. The zero-order chi connectivity index (χ0) is 18.4. The molecule has 8 heteroatoms. The van der Waals surface area contributed by atoms with Crippen LogP contribution in [0.4, 0.5) is 5.69 Å². The molecule has 2 aromatic carbocycles. The van der Waals surface area contributed by atoms with E-state index >= 15 is 0 Å². The van der Waals surface area contributed by atoms with Gasteiger partial charge in [-0.1, -0.05) is 17.7 Å². The molecular formula is C17H16ClN3O4. The average Bonchev–Trinajstić information content (AvgIpc) is 2.60. The highest BCUT2D eigenvalue weighted by atomic mass is 35.5. The lowest BCUT2D eigenvalue weighted by Crippen LogP contribution is -2.32. The molecule has 0 saturated carbocycles. The fourth-order valence-electron chi connectivity index (χ4n) is 1.91. The van der Waals surface area contributed by atoms with Crippen LogP contribution in [0.25, 0.3) is 0 Å². The van der Waals surface area contributed by atoms with Crippen LogP contribution in [0, 0.1) is 6.92 Å². The first-order chi connectivity index (χ1) is 11.9. The van der Waals surface area contributed by atoms with Gasteiger partial charge >= 0.3 is 11.8 Å². The van der Waals surface area contributed by atoms with E-state index in [1.54, 1.807) is 31.2 Å². The molecule has 2 amide bonds. The van der Waals surface area contributed by atoms with Gasteiger partial charge in [-0.25, -0.2) is 5.43 Å². The van der Waals surface area contributed by atoms with Gasteiger partial charge < -0.3 is 15.2 Å². The lowest BCUT2D eigenvalue weighted by Gasteiger charge is -2.08. The summed E-state index contributed by atoms with van der Waals surface area (Å²) in [6.07, 6.45) is 1.32. The fourth-order valence-corrected chi connectivity index (χ4v) is 2.09. The number of carbonyl (C=O) groups is 2. The summed E-state index contributed by atoms with van der Waals surface area (Å²) in [7, 11) is 1.42. The fraction of sp³-hybridized carbons (Fsp3) is 0.118. The van der Waals surface area contributed by atoms with E-state index < -0.39 is 11.8 Å². The molecule has 0 unspecified atom stereocenters. The number of halogens is 1. The zero-order valence-electron chi connectivity index (χ0n) is 13.5. The van der Waals surface area contributed by atoms with Crippen molar-refractivity contribution in [1.29, 1.82) is 0 Å². The lowest BCUT2D eigenvalue weighted by molar-refractivity contribution is -0.136. The quantitative estimate of drug-likeness (QED) is 0.442. The van der Waals surface area contributed by atoms with Crippen molar-refractivity contribution in [1.82, 2.24) is 5.43 Å². The normalized spacial score (nSPS) is 10.5. The Morgan fingerprint density at radius 3 is 2.72 bits per heavy atom. The molecule has 0 heterocycles. The number of phenolic OH excluding ortho intramolecular Hbond substituents is 1. The third-order valence-electron chi connectivity index (χ3n) is 3.31. The number of amides is 2. The molecule has 0 aromatic heterocycles. The number of anilines is 1. The maximum atomic E-state index is 11.9. The maximum Gasteiger partial charge on any atom is 0.329 e. The van der Waals surface area contributed by atoms with E-state index in [1.807, 2.05) is 0 Å². The number of phenols is 1. The van der Waals surface area contributed by atoms with Crippen LogP contribution >= 0.6 is 11.6 Å². The Labute approximate surface area is 149 Å². The number of rotatable bonds is 4. The summed E-state index contributed by atoms with van der Waals surface area (Å²) in [6.45, 7) is 1.73. The zero-order valence-corrected chi connectivity index (χ0v) is 14.3. The molecule has 0 fully saturated rings. The van der Waals surface area contributed by atoms with Gasteiger partial charge in [0.05, 0.1) is 13.3 Å². The highest BCUT2D eigenvalue weighted by Gasteiger charge is 2.14. The SMILES string of the molecule is COc1cc(/C=N/NC(=O)C(=O)Nc2cccc(Cl)c2C)ccc1O. The molecule has 130 valence electrons. The molecule has 25 heavy (non-hydrogen) atoms. The van der Waals surface area contributed by atoms with Crippen molar-refractivity contribution in [2.75, 3.05) is 12.4 Å². The third-order valence-corrected chi connectivity index (χ3v) is 3.72. The monoisotopic (exact) mass is 361 g/mol. The van der Waals surface area contributed by atoms with Crippen LogP contribution in [-0.4, -0.2) is 30.2 Å². The molecule has 0 aliphatic carbocycles. The Morgan fingerprint density at radius 1 is 1.24 bits per heavy atom. The van der Waals surface area contributed by atoms with Crippen molar-refractivity contribution < 1.29 is 19.4 Å². The molecule has 0 saturated heterocycles. The van der Waals surface area contributed by atoms with E-state index in [-0.39, 0.29) is 11.5 Å². The van der Waals surface area contributed by atoms with Crippen LogP contribution in [-0.2, 0) is 9.59 Å². The summed E-state index contributed by atoms with van der Waals surface area (Å²) >= 11 is 5.96. The van der Waals surface area contributed by atoms with Crippen LogP contribution in [0.5, 0.6) is 11.5 Å². The number of nitrogens with zero attached hydrogens (tertiary/aromatic N) is 1. The van der Waals surface area contributed by atoms with E-state index in [4.69, 9.17) is 16.3 Å². The van der Waals surface area contributed by atoms with E-state index in [2.05, 4.69) is 15.8 Å². The number of hydrogen-bond acceptors (Lipinski definition) is 5. The summed E-state index contributed by atoms with van der Waals surface area (Å²) in [5, 5.41) is 16.1. The van der Waals surface area contributed by atoms with Crippen molar-refractivity contribution in [3.8, 4) is 11.5 Å². The molecule has 2 aromatic rings. The second-order valence-corrected chi connectivity index (χ2v) is 5.40. The first-order valence-corrected chi connectivity index (χ1v) is 7.56. The molecular weight excluding hydrogens is 346 g/mol. The minimum Gasteiger partial charge on any atom is -0.504 e. The van der Waals surface area contributed by atoms with Gasteiger partial charge in [-0.05, 0) is 48.4 Å². The number of ether oxygens (including phenoxy) is 1. The maximum absolute atomic E-state index is 11.9. The van der Waals surface area contributed by atoms with Gasteiger partial charge in [0.15, 0.2) is 11.5 Å². The standard InChI is InChI=1S/C17H16ClN3O4/c1-10-12(18)4-3-5-13(10)20-16(23)17(24)21-19-9-11-6-7-14(22)15(8-11)25-2/h3-9,22H,1-2H3,(H,20,23)(H,21,24)/b19-9+. The van der Waals surface area contributed by atoms with Crippen molar-refractivity contribution in [2.24, 2.45) is 5.10 Å². The summed E-state index contributed by atoms with van der Waals surface area (Å²) < 4.78 is 4.96. The number of nitrogens with one attached hydrogen (secondary N) is 2. The van der Waals surface area contributed by atoms with Gasteiger partial charge in [0, 0.05) is 10.7 Å². The number of methoxy groups -OCH3 is 1. The van der Waals surface area contributed by atoms with Crippen molar-refractivity contribution in [3.63, 3.8) is 0 Å². The number of hydrazone groups is 1. The predicted octanol–water partition coefficient (Wildman–Crippen LogP) is 2.45. The predicted molar refractivity (Wildman–Crippen MR) is 95.2 cm³/mol. The highest BCUT2D eigenvalue weighted by molar-refractivity contribution is 6.40. The molecule has 0 aliphatic rings. The minimum absolute atomic E-state index is 0.0139. The molecule has 0 atom stereocenters. The van der Waals surface area contributed by atoms with Gasteiger partial charge in [-0.15, -0.1) is 0 Å². The Morgan fingerprint density at radius 2 is 2.00 bits per heavy atom. The Hall–Kier alpha value is -3.06. The summed E-state index contributed by atoms with van der Waals surface area (Å²) in [5.74, 6) is -1.54. The van der Waals surface area contributed by atoms with Crippen LogP contribution < -0.4 is 15.5 Å². The van der Waals surface area contributed by atoms with E-state index in [0.29, 0.717) is 21.8 Å². The second kappa shape index (κ2) is 8.16. The topological polar surface area (TPSA) is 100 Å². The molecule has 0 aliphatic heterocycles. The first kappa shape index (κ1) is 18.3. The number of aromatic hydroxyl groups is 1. The largest absolute Gasteiger partial charge is 0.504 e. The van der Waals surface area contributed by atoms with Crippen LogP contribution in [0.15, 0.2) is 41.5 Å². The van der Waals surface area contributed by atoms with Gasteiger partial charge in [0.2, 0.25) is 0 Å². The van der Waals surface area contributed by atoms with Crippen LogP contribution in [0.1, 0.15) is 11.1 Å². The van der Waals surface area contributed by atoms with Gasteiger partial charge in [-0.2, -0.15) is 5.10 Å². The van der Waals surface area contributed by atoms with E-state index in [9.17, 15) is 14.7 Å². The number of hydrogen-bond donors (Lipinski definition) is 3. The van der Waals surface area contributed by atoms with E-state index in [1.165, 1.54) is 25.5 Å². The molecule has 2 rings (SSSR count). The highest BCUT2D eigenvalue weighted by Crippen LogP contribution is 2.25. The van der Waals surface area contributed by atoms with Crippen molar-refractivity contribution in [3.05, 3.63) is 52.5 Å². The molecule has 0 spiro atoms. The van der Waals surface area contributed by atoms with Gasteiger partial charge in [0.1, 0.15) is 0 Å². The number of carbonyl (C=O) groups excluding carboxylic acids is 2. The summed E-state index contributed by atoms with van der Waals surface area (Å²) in [5.41, 5.74) is 3.79. The van der Waals surface area contributed by atoms with Crippen molar-refractivity contribution >= 4 is 35.3 Å². The Kier molecular flexibility index (Phi) is 5.97. The van der Waals surface area contributed by atoms with Gasteiger partial charge in [0.25, 0.3) is 0 Å². The summed E-state index contributed by atoms with van der Waals surface area (Å²) in [4.78, 5) is 23.6. The molecule has 0 bridgehead atoms. The van der Waals surface area contributed by atoms with E-state index in [0.717, 1.165) is 0 Å². The molecule has 3 N–H and O–H groups in total.